The number of hydrogen-bond acceptors (Lipinski definition) is 2. The number of amides is 1. The lowest BCUT2D eigenvalue weighted by Gasteiger charge is -2.01. The van der Waals surface area contributed by atoms with Gasteiger partial charge in [-0.15, -0.1) is 11.3 Å². The molecule has 0 unspecified atom stereocenters. The normalized spacial score (nSPS) is 11.0. The molecular formula is C19H15FN3OS+. The summed E-state index contributed by atoms with van der Waals surface area (Å²) in [5, 5.41) is 4.94. The Labute approximate surface area is 147 Å². The summed E-state index contributed by atoms with van der Waals surface area (Å²) in [6, 6.07) is 13.5. The first-order valence-corrected chi connectivity index (χ1v) is 8.64. The van der Waals surface area contributed by atoms with Crippen LogP contribution < -0.4 is 9.72 Å². The summed E-state index contributed by atoms with van der Waals surface area (Å²) in [7, 11) is 0. The highest BCUT2D eigenvalue weighted by Crippen LogP contribution is 2.29. The molecule has 3 heterocycles. The van der Waals surface area contributed by atoms with Crippen LogP contribution in [0, 0.1) is 12.7 Å². The van der Waals surface area contributed by atoms with Crippen molar-refractivity contribution in [2.45, 2.75) is 6.92 Å². The average Bonchev–Trinajstić information content (AvgIpc) is 3.23. The van der Waals surface area contributed by atoms with Crippen molar-refractivity contribution < 1.29 is 13.6 Å². The Morgan fingerprint density at radius 1 is 1.20 bits per heavy atom. The lowest BCUT2D eigenvalue weighted by Crippen LogP contribution is -2.27. The van der Waals surface area contributed by atoms with Crippen molar-refractivity contribution in [2.75, 3.05) is 5.32 Å². The fourth-order valence-electron chi connectivity index (χ4n) is 2.71. The minimum absolute atomic E-state index is 0.285. The van der Waals surface area contributed by atoms with E-state index >= 15 is 0 Å². The number of carbonyl (C=O) groups excluding carboxylic acids is 1. The lowest BCUT2D eigenvalue weighted by molar-refractivity contribution is -0.493. The van der Waals surface area contributed by atoms with E-state index in [1.54, 1.807) is 11.3 Å². The molecule has 0 aliphatic heterocycles. The molecule has 2 N–H and O–H groups in total. The van der Waals surface area contributed by atoms with Crippen LogP contribution in [-0.2, 0) is 0 Å². The molecule has 0 bridgehead atoms. The van der Waals surface area contributed by atoms with Crippen LogP contribution in [0.15, 0.2) is 60.1 Å². The van der Waals surface area contributed by atoms with E-state index in [0.717, 1.165) is 21.8 Å². The van der Waals surface area contributed by atoms with Crippen molar-refractivity contribution in [3.8, 4) is 10.6 Å². The Kier molecular flexibility index (Phi) is 3.82. The van der Waals surface area contributed by atoms with Crippen molar-refractivity contribution in [1.29, 1.82) is 0 Å². The number of carbonyl (C=O) groups is 1. The van der Waals surface area contributed by atoms with Gasteiger partial charge in [0.05, 0.1) is 16.6 Å². The molecule has 25 heavy (non-hydrogen) atoms. The molecule has 0 aliphatic carbocycles. The number of thiophene rings is 1. The largest absolute Gasteiger partial charge is 0.311 e. The number of nitrogens with one attached hydrogen (secondary N) is 2. The van der Waals surface area contributed by atoms with Crippen LogP contribution in [0.3, 0.4) is 0 Å². The fourth-order valence-corrected chi connectivity index (χ4v) is 3.43. The zero-order valence-electron chi connectivity index (χ0n) is 13.4. The van der Waals surface area contributed by atoms with E-state index < -0.39 is 0 Å². The SMILES string of the molecule is Cc1cc[n+]2c(NC(=O)c3ccc(F)cc3)c(-c3cccs3)[nH]c2c1. The van der Waals surface area contributed by atoms with Gasteiger partial charge in [-0.2, -0.15) is 0 Å². The molecule has 4 nitrogen and oxygen atoms in total. The summed E-state index contributed by atoms with van der Waals surface area (Å²) in [5.41, 5.74) is 3.25. The third-order valence-electron chi connectivity index (χ3n) is 3.95. The van der Waals surface area contributed by atoms with Gasteiger partial charge in [-0.1, -0.05) is 6.07 Å². The lowest BCUT2D eigenvalue weighted by atomic mass is 10.2. The summed E-state index contributed by atoms with van der Waals surface area (Å²) < 4.78 is 15.0. The minimum Gasteiger partial charge on any atom is -0.266 e. The number of H-pyrrole nitrogens is 1. The maximum absolute atomic E-state index is 13.1. The molecular weight excluding hydrogens is 337 g/mol. The molecule has 0 radical (unpaired) electrons. The van der Waals surface area contributed by atoms with Crippen molar-refractivity contribution in [2.24, 2.45) is 0 Å². The number of halogens is 1. The van der Waals surface area contributed by atoms with Gasteiger partial charge < -0.3 is 0 Å². The number of fused-ring (bicyclic) bond motifs is 1. The first-order chi connectivity index (χ1) is 12.1. The number of rotatable bonds is 3. The van der Waals surface area contributed by atoms with Crippen LogP contribution in [-0.4, -0.2) is 10.9 Å². The number of imidazole rings is 1. The van der Waals surface area contributed by atoms with E-state index in [1.165, 1.54) is 24.3 Å². The Hall–Kier alpha value is -2.99. The van der Waals surface area contributed by atoms with Crippen LogP contribution in [0.5, 0.6) is 0 Å². The molecule has 1 amide bonds. The monoisotopic (exact) mass is 352 g/mol. The standard InChI is InChI=1S/C19H14FN3OS/c1-12-8-9-23-16(11-12)21-17(15-3-2-10-25-15)18(23)22-19(24)13-4-6-14(20)7-5-13/h2-11H,1H3,(H,22,24)/p+1. The van der Waals surface area contributed by atoms with Gasteiger partial charge in [-0.25, -0.2) is 14.1 Å². The minimum atomic E-state index is -0.368. The van der Waals surface area contributed by atoms with Gasteiger partial charge in [-0.05, 0) is 54.3 Å². The first kappa shape index (κ1) is 15.5. The molecule has 6 heteroatoms. The molecule has 1 aromatic carbocycles. The molecule has 124 valence electrons. The number of aromatic amines is 1. The van der Waals surface area contributed by atoms with Crippen molar-refractivity contribution in [3.05, 3.63) is 77.1 Å². The molecule has 4 rings (SSSR count). The predicted molar refractivity (Wildman–Crippen MR) is 96.4 cm³/mol. The van der Waals surface area contributed by atoms with Crippen molar-refractivity contribution in [1.82, 2.24) is 4.98 Å². The van der Waals surface area contributed by atoms with Crippen LogP contribution in [0.2, 0.25) is 0 Å². The highest BCUT2D eigenvalue weighted by molar-refractivity contribution is 7.13. The second-order valence-electron chi connectivity index (χ2n) is 5.75. The van der Waals surface area contributed by atoms with Gasteiger partial charge in [0, 0.05) is 6.07 Å². The molecule has 0 atom stereocenters. The van der Waals surface area contributed by atoms with Crippen LogP contribution in [0.4, 0.5) is 10.2 Å². The second-order valence-corrected chi connectivity index (χ2v) is 6.69. The average molecular weight is 352 g/mol. The molecule has 4 aromatic rings. The third kappa shape index (κ3) is 2.92. The predicted octanol–water partition coefficient (Wildman–Crippen LogP) is 4.18. The quantitative estimate of drug-likeness (QED) is 0.534. The Balaban J connectivity index is 1.80. The van der Waals surface area contributed by atoms with Crippen LogP contribution in [0.25, 0.3) is 16.2 Å². The molecule has 3 aromatic heterocycles. The first-order valence-electron chi connectivity index (χ1n) is 7.76. The maximum Gasteiger partial charge on any atom is 0.311 e. The number of anilines is 1. The molecule has 0 aliphatic rings. The van der Waals surface area contributed by atoms with E-state index in [1.807, 2.05) is 47.2 Å². The number of aryl methyl sites for hydroxylation is 1. The number of hydrogen-bond donors (Lipinski definition) is 2. The Morgan fingerprint density at radius 2 is 2.00 bits per heavy atom. The number of aromatic nitrogens is 2. The zero-order valence-corrected chi connectivity index (χ0v) is 14.2. The summed E-state index contributed by atoms with van der Waals surface area (Å²) in [6.45, 7) is 2.02. The maximum atomic E-state index is 13.1. The van der Waals surface area contributed by atoms with Crippen LogP contribution >= 0.6 is 11.3 Å². The van der Waals surface area contributed by atoms with E-state index in [-0.39, 0.29) is 11.7 Å². The number of pyridine rings is 1. The molecule has 0 saturated carbocycles. The highest BCUT2D eigenvalue weighted by Gasteiger charge is 2.24. The topological polar surface area (TPSA) is 49.0 Å². The Morgan fingerprint density at radius 3 is 2.72 bits per heavy atom. The molecule has 0 saturated heterocycles. The van der Waals surface area contributed by atoms with E-state index in [9.17, 15) is 9.18 Å². The van der Waals surface area contributed by atoms with Crippen molar-refractivity contribution >= 4 is 28.7 Å². The fraction of sp³-hybridized carbons (Fsp3) is 0.0526. The third-order valence-corrected chi connectivity index (χ3v) is 4.83. The summed E-state index contributed by atoms with van der Waals surface area (Å²) in [5.74, 6) is 0.00586. The molecule has 0 spiro atoms. The van der Waals surface area contributed by atoms with Gasteiger partial charge in [0.25, 0.3) is 5.82 Å². The number of benzene rings is 1. The van der Waals surface area contributed by atoms with Gasteiger partial charge in [-0.3, -0.25) is 9.78 Å². The summed E-state index contributed by atoms with van der Waals surface area (Å²) in [4.78, 5) is 17.0. The summed E-state index contributed by atoms with van der Waals surface area (Å²) >= 11 is 1.59. The second kappa shape index (κ2) is 6.14. The van der Waals surface area contributed by atoms with Gasteiger partial charge >= 0.3 is 5.91 Å². The van der Waals surface area contributed by atoms with Gasteiger partial charge in [0.1, 0.15) is 5.82 Å². The van der Waals surface area contributed by atoms with E-state index in [0.29, 0.717) is 11.4 Å². The van der Waals surface area contributed by atoms with E-state index in [2.05, 4.69) is 10.3 Å². The van der Waals surface area contributed by atoms with E-state index in [4.69, 9.17) is 0 Å². The number of nitrogens with zero attached hydrogens (tertiary/aromatic N) is 1. The summed E-state index contributed by atoms with van der Waals surface area (Å²) in [6.07, 6.45) is 1.92. The van der Waals surface area contributed by atoms with Crippen LogP contribution in [0.1, 0.15) is 15.9 Å². The van der Waals surface area contributed by atoms with Gasteiger partial charge in [0.15, 0.2) is 5.69 Å². The zero-order chi connectivity index (χ0) is 17.4. The van der Waals surface area contributed by atoms with Gasteiger partial charge in [0.2, 0.25) is 5.65 Å². The smallest absolute Gasteiger partial charge is 0.266 e. The molecule has 0 fully saturated rings. The highest BCUT2D eigenvalue weighted by atomic mass is 32.1. The Bertz CT molecular complexity index is 1050. The van der Waals surface area contributed by atoms with Crippen molar-refractivity contribution in [3.63, 3.8) is 0 Å².